The van der Waals surface area contributed by atoms with E-state index in [0.29, 0.717) is 6.61 Å². The smallest absolute Gasteiger partial charge is 0.0879 e. The van der Waals surface area contributed by atoms with Crippen LogP contribution in [0.25, 0.3) is 0 Å². The highest BCUT2D eigenvalue weighted by molar-refractivity contribution is 5.24. The number of hydrogen-bond donors (Lipinski definition) is 1. The van der Waals surface area contributed by atoms with Crippen molar-refractivity contribution in [2.75, 3.05) is 26.8 Å². The van der Waals surface area contributed by atoms with E-state index in [9.17, 15) is 0 Å². The normalized spacial score (nSPS) is 13.0. The minimum Gasteiger partial charge on any atom is -0.382 e. The van der Waals surface area contributed by atoms with E-state index in [2.05, 4.69) is 42.8 Å². The van der Waals surface area contributed by atoms with Gasteiger partial charge in [-0.2, -0.15) is 5.10 Å². The predicted molar refractivity (Wildman–Crippen MR) is 70.5 cm³/mol. The Morgan fingerprint density at radius 1 is 1.35 bits per heavy atom. The highest BCUT2D eigenvalue weighted by atomic mass is 16.5. The summed E-state index contributed by atoms with van der Waals surface area (Å²) in [5.41, 5.74) is 3.77. The van der Waals surface area contributed by atoms with Gasteiger partial charge in [0, 0.05) is 19.3 Å². The number of aromatic nitrogens is 2. The van der Waals surface area contributed by atoms with Gasteiger partial charge in [0.25, 0.3) is 0 Å². The number of likely N-dealkylation sites (N-methyl/N-ethyl adjacent to an activating group) is 1. The molecule has 0 bridgehead atoms. The van der Waals surface area contributed by atoms with Crippen LogP contribution in [0.2, 0.25) is 0 Å². The molecule has 0 aliphatic rings. The Labute approximate surface area is 104 Å². The Hall–Kier alpha value is -0.870. The van der Waals surface area contributed by atoms with Gasteiger partial charge in [-0.3, -0.25) is 4.68 Å². The van der Waals surface area contributed by atoms with Crippen molar-refractivity contribution in [3.8, 4) is 0 Å². The van der Waals surface area contributed by atoms with Gasteiger partial charge in [-0.1, -0.05) is 13.8 Å². The minimum atomic E-state index is 0.277. The molecule has 1 aromatic heterocycles. The van der Waals surface area contributed by atoms with E-state index in [1.165, 1.54) is 11.3 Å². The molecule has 0 aliphatic heterocycles. The molecule has 1 N–H and O–H groups in total. The van der Waals surface area contributed by atoms with Crippen LogP contribution < -0.4 is 5.32 Å². The number of nitrogens with one attached hydrogen (secondary N) is 1. The summed E-state index contributed by atoms with van der Waals surface area (Å²) in [6.07, 6.45) is 1.04. The van der Waals surface area contributed by atoms with Gasteiger partial charge in [-0.05, 0) is 32.4 Å². The van der Waals surface area contributed by atoms with Gasteiger partial charge < -0.3 is 10.1 Å². The van der Waals surface area contributed by atoms with Crippen molar-refractivity contribution in [2.45, 2.75) is 40.2 Å². The second-order valence-corrected chi connectivity index (χ2v) is 4.36. The molecule has 0 amide bonds. The molecule has 1 atom stereocenters. The molecule has 0 spiro atoms. The van der Waals surface area contributed by atoms with E-state index in [0.717, 1.165) is 25.2 Å². The van der Waals surface area contributed by atoms with Crippen molar-refractivity contribution in [1.82, 2.24) is 15.1 Å². The van der Waals surface area contributed by atoms with Crippen molar-refractivity contribution in [1.29, 1.82) is 0 Å². The van der Waals surface area contributed by atoms with Gasteiger partial charge in [0.1, 0.15) is 0 Å². The van der Waals surface area contributed by atoms with E-state index in [-0.39, 0.29) is 6.04 Å². The lowest BCUT2D eigenvalue weighted by molar-refractivity contribution is 0.147. The number of nitrogens with zero attached hydrogens (tertiary/aromatic N) is 2. The van der Waals surface area contributed by atoms with Crippen molar-refractivity contribution >= 4 is 0 Å². The number of ether oxygens (including phenoxy) is 1. The molecule has 1 unspecified atom stereocenters. The third-order valence-corrected chi connectivity index (χ3v) is 3.16. The van der Waals surface area contributed by atoms with Crippen LogP contribution >= 0.6 is 0 Å². The monoisotopic (exact) mass is 239 g/mol. The van der Waals surface area contributed by atoms with Gasteiger partial charge in [-0.15, -0.1) is 0 Å². The summed E-state index contributed by atoms with van der Waals surface area (Å²) >= 11 is 0. The molecule has 0 aromatic carbocycles. The first-order chi connectivity index (χ1) is 8.15. The summed E-state index contributed by atoms with van der Waals surface area (Å²) in [6, 6.07) is 0.277. The zero-order valence-electron chi connectivity index (χ0n) is 11.7. The highest BCUT2D eigenvalue weighted by Gasteiger charge is 2.17. The van der Waals surface area contributed by atoms with Crippen molar-refractivity contribution < 1.29 is 4.74 Å². The summed E-state index contributed by atoms with van der Waals surface area (Å²) in [4.78, 5) is 0. The molecule has 0 aliphatic carbocycles. The fraction of sp³-hybridized carbons (Fsp3) is 0.769. The first-order valence-corrected chi connectivity index (χ1v) is 6.39. The average Bonchev–Trinajstić information content (AvgIpc) is 2.60. The lowest BCUT2D eigenvalue weighted by Gasteiger charge is -2.19. The number of rotatable bonds is 7. The molecule has 98 valence electrons. The molecule has 0 saturated carbocycles. The van der Waals surface area contributed by atoms with Gasteiger partial charge in [0.2, 0.25) is 0 Å². The Morgan fingerprint density at radius 3 is 2.53 bits per heavy atom. The summed E-state index contributed by atoms with van der Waals surface area (Å²) in [5.74, 6) is 0. The van der Waals surface area contributed by atoms with Crippen molar-refractivity contribution in [2.24, 2.45) is 0 Å². The van der Waals surface area contributed by atoms with Crippen LogP contribution in [-0.2, 0) is 11.2 Å². The van der Waals surface area contributed by atoms with Crippen molar-refractivity contribution in [3.63, 3.8) is 0 Å². The highest BCUT2D eigenvalue weighted by Crippen LogP contribution is 2.18. The summed E-state index contributed by atoms with van der Waals surface area (Å²) in [5, 5.41) is 8.01. The third-order valence-electron chi connectivity index (χ3n) is 3.16. The van der Waals surface area contributed by atoms with Crippen LogP contribution in [0.5, 0.6) is 0 Å². The molecule has 1 aromatic rings. The number of methoxy groups -OCH3 is 1. The molecule has 1 rings (SSSR count). The van der Waals surface area contributed by atoms with E-state index >= 15 is 0 Å². The minimum absolute atomic E-state index is 0.277. The Bertz CT molecular complexity index is 347. The van der Waals surface area contributed by atoms with E-state index in [4.69, 9.17) is 4.74 Å². The predicted octanol–water partition coefficient (Wildman–Crippen LogP) is 1.86. The third kappa shape index (κ3) is 3.30. The molecular formula is C13H25N3O. The SMILES string of the molecule is CCNCC(COC)n1nc(C)c(CC)c1C. The molecule has 1 heterocycles. The summed E-state index contributed by atoms with van der Waals surface area (Å²) in [6.45, 7) is 11.1. The van der Waals surface area contributed by atoms with Crippen LogP contribution in [0, 0.1) is 13.8 Å². The molecule has 4 heteroatoms. The lowest BCUT2D eigenvalue weighted by atomic mass is 10.1. The molecule has 0 saturated heterocycles. The second kappa shape index (κ2) is 6.77. The van der Waals surface area contributed by atoms with Crippen LogP contribution in [0.1, 0.15) is 36.8 Å². The molecular weight excluding hydrogens is 214 g/mol. The summed E-state index contributed by atoms with van der Waals surface area (Å²) in [7, 11) is 1.74. The fourth-order valence-corrected chi connectivity index (χ4v) is 2.28. The zero-order valence-corrected chi connectivity index (χ0v) is 11.7. The Morgan fingerprint density at radius 2 is 2.06 bits per heavy atom. The fourth-order valence-electron chi connectivity index (χ4n) is 2.28. The van der Waals surface area contributed by atoms with Crippen molar-refractivity contribution in [3.05, 3.63) is 17.0 Å². The summed E-state index contributed by atoms with van der Waals surface area (Å²) < 4.78 is 7.40. The van der Waals surface area contributed by atoms with Crippen LogP contribution in [0.4, 0.5) is 0 Å². The van der Waals surface area contributed by atoms with Crippen LogP contribution in [-0.4, -0.2) is 36.6 Å². The Balaban J connectivity index is 2.92. The maximum absolute atomic E-state index is 5.29. The standard InChI is InChI=1S/C13H25N3O/c1-6-13-10(3)15-16(11(13)4)12(9-17-5)8-14-7-2/h12,14H,6-9H2,1-5H3. The van der Waals surface area contributed by atoms with E-state index in [1.54, 1.807) is 7.11 Å². The first kappa shape index (κ1) is 14.2. The zero-order chi connectivity index (χ0) is 12.8. The van der Waals surface area contributed by atoms with Gasteiger partial charge in [0.05, 0.1) is 18.3 Å². The molecule has 4 nitrogen and oxygen atoms in total. The van der Waals surface area contributed by atoms with Gasteiger partial charge >= 0.3 is 0 Å². The van der Waals surface area contributed by atoms with Gasteiger partial charge in [0.15, 0.2) is 0 Å². The second-order valence-electron chi connectivity index (χ2n) is 4.36. The lowest BCUT2D eigenvalue weighted by Crippen LogP contribution is -2.29. The largest absolute Gasteiger partial charge is 0.382 e. The number of hydrogen-bond acceptors (Lipinski definition) is 3. The quantitative estimate of drug-likeness (QED) is 0.789. The van der Waals surface area contributed by atoms with E-state index in [1.807, 2.05) is 0 Å². The molecule has 0 fully saturated rings. The number of aryl methyl sites for hydroxylation is 1. The maximum atomic E-state index is 5.29. The molecule has 17 heavy (non-hydrogen) atoms. The average molecular weight is 239 g/mol. The first-order valence-electron chi connectivity index (χ1n) is 6.39. The van der Waals surface area contributed by atoms with Crippen LogP contribution in [0.15, 0.2) is 0 Å². The van der Waals surface area contributed by atoms with Gasteiger partial charge in [-0.25, -0.2) is 0 Å². The molecule has 0 radical (unpaired) electrons. The van der Waals surface area contributed by atoms with Crippen LogP contribution in [0.3, 0.4) is 0 Å². The van der Waals surface area contributed by atoms with E-state index < -0.39 is 0 Å². The maximum Gasteiger partial charge on any atom is 0.0879 e. The Kier molecular flexibility index (Phi) is 5.65. The topological polar surface area (TPSA) is 39.1 Å².